The van der Waals surface area contributed by atoms with Crippen molar-refractivity contribution in [1.82, 2.24) is 0 Å². The van der Waals surface area contributed by atoms with Gasteiger partial charge in [-0.15, -0.1) is 0 Å². The van der Waals surface area contributed by atoms with Crippen LogP contribution in [0.5, 0.6) is 0 Å². The van der Waals surface area contributed by atoms with Gasteiger partial charge in [0.2, 0.25) is 10.0 Å². The number of halogens is 1. The Labute approximate surface area is 156 Å². The first-order valence-electron chi connectivity index (χ1n) is 8.67. The molecule has 5 nitrogen and oxygen atoms in total. The molecule has 7 heteroatoms. The van der Waals surface area contributed by atoms with Gasteiger partial charge in [0.25, 0.3) is 0 Å². The van der Waals surface area contributed by atoms with Crippen molar-refractivity contribution in [2.24, 2.45) is 5.14 Å². The normalized spacial score (nSPS) is 19.0. The number of sulfonamides is 1. The molecule has 1 fully saturated rings. The van der Waals surface area contributed by atoms with Crippen molar-refractivity contribution < 1.29 is 22.3 Å². The maximum Gasteiger partial charge on any atom is 0.340 e. The van der Waals surface area contributed by atoms with E-state index in [9.17, 15) is 17.6 Å². The molecule has 2 N–H and O–H groups in total. The van der Waals surface area contributed by atoms with E-state index in [4.69, 9.17) is 9.88 Å². The van der Waals surface area contributed by atoms with Crippen LogP contribution >= 0.6 is 0 Å². The Morgan fingerprint density at radius 1 is 1.00 bits per heavy atom. The fraction of sp³-hybridized carbons (Fsp3) is 0.250. The van der Waals surface area contributed by atoms with Gasteiger partial charge in [-0.1, -0.05) is 24.3 Å². The van der Waals surface area contributed by atoms with Crippen LogP contribution in [0.1, 0.15) is 36.8 Å². The van der Waals surface area contributed by atoms with Gasteiger partial charge in [-0.25, -0.2) is 22.7 Å². The third kappa shape index (κ3) is 3.07. The van der Waals surface area contributed by atoms with Gasteiger partial charge in [0.05, 0.1) is 10.5 Å². The third-order valence-electron chi connectivity index (χ3n) is 5.19. The van der Waals surface area contributed by atoms with Crippen LogP contribution in [-0.2, 0) is 19.6 Å². The molecule has 0 atom stereocenters. The molecular formula is C20H18FNO4S. The summed E-state index contributed by atoms with van der Waals surface area (Å²) in [6.07, 6.45) is 3.21. The van der Waals surface area contributed by atoms with Crippen LogP contribution < -0.4 is 5.14 Å². The van der Waals surface area contributed by atoms with Crippen LogP contribution in [0.15, 0.2) is 53.4 Å². The molecule has 0 radical (unpaired) electrons. The van der Waals surface area contributed by atoms with Crippen LogP contribution in [0, 0.1) is 5.82 Å². The van der Waals surface area contributed by atoms with Crippen LogP contribution in [0.3, 0.4) is 0 Å². The van der Waals surface area contributed by atoms with Gasteiger partial charge in [0, 0.05) is 5.57 Å². The summed E-state index contributed by atoms with van der Waals surface area (Å²) >= 11 is 0. The molecule has 0 bridgehead atoms. The molecule has 4 rings (SSSR count). The third-order valence-corrected chi connectivity index (χ3v) is 6.12. The minimum absolute atomic E-state index is 0.00938. The summed E-state index contributed by atoms with van der Waals surface area (Å²) in [5.74, 6) is -0.919. The Morgan fingerprint density at radius 3 is 2.26 bits per heavy atom. The van der Waals surface area contributed by atoms with Crippen molar-refractivity contribution in [2.45, 2.75) is 36.2 Å². The lowest BCUT2D eigenvalue weighted by Crippen LogP contribution is -2.27. The van der Waals surface area contributed by atoms with Gasteiger partial charge in [0.15, 0.2) is 0 Å². The molecule has 0 saturated heterocycles. The maximum atomic E-state index is 13.8. The van der Waals surface area contributed by atoms with E-state index in [1.807, 2.05) is 0 Å². The second kappa shape index (κ2) is 6.28. The molecule has 0 unspecified atom stereocenters. The van der Waals surface area contributed by atoms with Gasteiger partial charge in [0.1, 0.15) is 11.4 Å². The lowest BCUT2D eigenvalue weighted by Gasteiger charge is -2.26. The quantitative estimate of drug-likeness (QED) is 0.819. The average molecular weight is 387 g/mol. The second-order valence-corrected chi connectivity index (χ2v) is 8.48. The van der Waals surface area contributed by atoms with Gasteiger partial charge in [-0.3, -0.25) is 0 Å². The van der Waals surface area contributed by atoms with E-state index in [1.54, 1.807) is 24.3 Å². The predicted molar refractivity (Wildman–Crippen MR) is 98.3 cm³/mol. The Bertz CT molecular complexity index is 1050. The van der Waals surface area contributed by atoms with E-state index >= 15 is 0 Å². The zero-order valence-electron chi connectivity index (χ0n) is 14.4. The number of benzene rings is 2. The molecule has 1 spiro atoms. The molecule has 2 aliphatic rings. The number of primary sulfonamides is 1. The van der Waals surface area contributed by atoms with Crippen LogP contribution in [-0.4, -0.2) is 20.0 Å². The predicted octanol–water partition coefficient (Wildman–Crippen LogP) is 3.25. The summed E-state index contributed by atoms with van der Waals surface area (Å²) in [5.41, 5.74) is 1.40. The van der Waals surface area contributed by atoms with Crippen LogP contribution in [0.4, 0.5) is 4.39 Å². The van der Waals surface area contributed by atoms with Crippen molar-refractivity contribution in [3.8, 4) is 0 Å². The van der Waals surface area contributed by atoms with Crippen molar-refractivity contribution in [3.63, 3.8) is 0 Å². The number of carbonyl (C=O) groups is 1. The molecule has 2 aromatic carbocycles. The monoisotopic (exact) mass is 387 g/mol. The first-order valence-corrected chi connectivity index (χ1v) is 10.2. The molecule has 2 aromatic rings. The lowest BCUT2D eigenvalue weighted by molar-refractivity contribution is -0.143. The number of esters is 1. The van der Waals surface area contributed by atoms with Crippen LogP contribution in [0.2, 0.25) is 0 Å². The van der Waals surface area contributed by atoms with Crippen LogP contribution in [0.25, 0.3) is 11.1 Å². The lowest BCUT2D eigenvalue weighted by atomic mass is 9.83. The molecule has 1 aliphatic heterocycles. The van der Waals surface area contributed by atoms with Gasteiger partial charge >= 0.3 is 5.97 Å². The Kier molecular flexibility index (Phi) is 4.16. The first-order chi connectivity index (χ1) is 12.8. The van der Waals surface area contributed by atoms with Crippen molar-refractivity contribution in [1.29, 1.82) is 0 Å². The molecule has 140 valence electrons. The molecule has 0 amide bonds. The topological polar surface area (TPSA) is 86.5 Å². The Hall–Kier alpha value is -2.51. The summed E-state index contributed by atoms with van der Waals surface area (Å²) < 4.78 is 42.6. The summed E-state index contributed by atoms with van der Waals surface area (Å²) in [6.45, 7) is 0. The number of rotatable bonds is 3. The molecule has 1 heterocycles. The molecule has 27 heavy (non-hydrogen) atoms. The highest BCUT2D eigenvalue weighted by Crippen LogP contribution is 2.52. The van der Waals surface area contributed by atoms with E-state index in [1.165, 1.54) is 24.3 Å². The molecule has 1 saturated carbocycles. The summed E-state index contributed by atoms with van der Waals surface area (Å²) in [4.78, 5) is 12.7. The number of hydrogen-bond donors (Lipinski definition) is 1. The minimum Gasteiger partial charge on any atom is -0.451 e. The summed E-state index contributed by atoms with van der Waals surface area (Å²) in [6, 6.07) is 11.9. The standard InChI is InChI=1S/C20H18FNO4S/c21-15-5-3-4-14(12-15)17-18(20(26-19(17)23)10-1-2-11-20)13-6-8-16(9-7-13)27(22,24)25/h3-9,12H,1-2,10-11H2,(H2,22,24,25). The Morgan fingerprint density at radius 2 is 1.67 bits per heavy atom. The van der Waals surface area contributed by atoms with E-state index in [0.29, 0.717) is 35.1 Å². The molecular weight excluding hydrogens is 369 g/mol. The summed E-state index contributed by atoms with van der Waals surface area (Å²) in [5, 5.41) is 5.17. The number of ether oxygens (including phenoxy) is 1. The smallest absolute Gasteiger partial charge is 0.340 e. The SMILES string of the molecule is NS(=O)(=O)c1ccc(C2=C(c3cccc(F)c3)C(=O)OC23CCCC3)cc1. The van der Waals surface area contributed by atoms with Gasteiger partial charge in [-0.05, 0) is 61.1 Å². The highest BCUT2D eigenvalue weighted by Gasteiger charge is 2.50. The van der Waals surface area contributed by atoms with E-state index in [0.717, 1.165) is 12.8 Å². The fourth-order valence-electron chi connectivity index (χ4n) is 4.03. The second-order valence-electron chi connectivity index (χ2n) is 6.92. The Balaban J connectivity index is 1.93. The maximum absolute atomic E-state index is 13.8. The van der Waals surface area contributed by atoms with E-state index < -0.39 is 27.4 Å². The minimum atomic E-state index is -3.82. The molecule has 0 aromatic heterocycles. The van der Waals surface area contributed by atoms with Gasteiger partial charge in [-0.2, -0.15) is 0 Å². The summed E-state index contributed by atoms with van der Waals surface area (Å²) in [7, 11) is -3.82. The van der Waals surface area contributed by atoms with Gasteiger partial charge < -0.3 is 4.74 Å². The van der Waals surface area contributed by atoms with E-state index in [2.05, 4.69) is 0 Å². The van der Waals surface area contributed by atoms with Crippen molar-refractivity contribution in [3.05, 3.63) is 65.5 Å². The largest absolute Gasteiger partial charge is 0.451 e. The fourth-order valence-corrected chi connectivity index (χ4v) is 4.55. The number of hydrogen-bond acceptors (Lipinski definition) is 4. The highest BCUT2D eigenvalue weighted by molar-refractivity contribution is 7.89. The zero-order chi connectivity index (χ0) is 19.2. The van der Waals surface area contributed by atoms with E-state index in [-0.39, 0.29) is 4.90 Å². The highest BCUT2D eigenvalue weighted by atomic mass is 32.2. The van der Waals surface area contributed by atoms with Crippen molar-refractivity contribution in [2.75, 3.05) is 0 Å². The number of nitrogens with two attached hydrogens (primary N) is 1. The zero-order valence-corrected chi connectivity index (χ0v) is 15.3. The van der Waals surface area contributed by atoms with Crippen molar-refractivity contribution >= 4 is 27.1 Å². The molecule has 1 aliphatic carbocycles. The first kappa shape index (κ1) is 17.9. The average Bonchev–Trinajstić information content (AvgIpc) is 3.19. The number of carbonyl (C=O) groups excluding carboxylic acids is 1.